The number of hydrogen-bond acceptors (Lipinski definition) is 3. The first kappa shape index (κ1) is 24.2. The molecule has 28 heavy (non-hydrogen) atoms. The average molecular weight is 503 g/mol. The monoisotopic (exact) mass is 503 g/mol. The highest BCUT2D eigenvalue weighted by molar-refractivity contribution is 14.0. The van der Waals surface area contributed by atoms with Crippen molar-refractivity contribution >= 4 is 29.9 Å². The molecule has 0 radical (unpaired) electrons. The van der Waals surface area contributed by atoms with Crippen molar-refractivity contribution in [2.24, 2.45) is 4.99 Å². The van der Waals surface area contributed by atoms with Crippen molar-refractivity contribution < 1.29 is 9.13 Å². The highest BCUT2D eigenvalue weighted by Gasteiger charge is 2.10. The van der Waals surface area contributed by atoms with Gasteiger partial charge >= 0.3 is 0 Å². The maximum atomic E-state index is 13.3. The van der Waals surface area contributed by atoms with Gasteiger partial charge in [-0.2, -0.15) is 0 Å². The number of aryl methyl sites for hydroxylation is 2. The zero-order valence-electron chi connectivity index (χ0n) is 16.8. The molecule has 1 aromatic heterocycles. The van der Waals surface area contributed by atoms with Gasteiger partial charge in [0.1, 0.15) is 23.5 Å². The Morgan fingerprint density at radius 1 is 1.32 bits per heavy atom. The predicted octanol–water partition coefficient (Wildman–Crippen LogP) is 3.75. The molecule has 8 heteroatoms. The normalized spacial score (nSPS) is 12.2. The number of guanidine groups is 1. The summed E-state index contributed by atoms with van der Waals surface area (Å²) >= 11 is 0. The summed E-state index contributed by atoms with van der Waals surface area (Å²) in [6.45, 7) is 6.47. The standard InChI is InChI=1S/C20H30FN5O.HI/c1-4-18(27-19-9-7-8-17(21)14-19)15-25-20(22-3)24-10-5-6-12-26-13-11-23-16(26)2;/h7-9,11,13-14,18H,4-6,10,12,15H2,1-3H3,(H2,22,24,25);1H. The van der Waals surface area contributed by atoms with E-state index >= 15 is 0 Å². The first-order valence-corrected chi connectivity index (χ1v) is 9.46. The number of imidazole rings is 1. The number of ether oxygens (including phenoxy) is 1. The topological polar surface area (TPSA) is 63.5 Å². The molecule has 0 fully saturated rings. The Labute approximate surface area is 184 Å². The molecule has 1 unspecified atom stereocenters. The lowest BCUT2D eigenvalue weighted by Crippen LogP contribution is -2.42. The number of nitrogens with zero attached hydrogens (tertiary/aromatic N) is 3. The number of unbranched alkanes of at least 4 members (excludes halogenated alkanes) is 1. The van der Waals surface area contributed by atoms with E-state index in [1.165, 1.54) is 12.1 Å². The number of benzene rings is 1. The van der Waals surface area contributed by atoms with Gasteiger partial charge in [-0.3, -0.25) is 4.99 Å². The van der Waals surface area contributed by atoms with Crippen LogP contribution in [0.4, 0.5) is 4.39 Å². The molecular weight excluding hydrogens is 472 g/mol. The Morgan fingerprint density at radius 3 is 2.79 bits per heavy atom. The van der Waals surface area contributed by atoms with Crippen LogP contribution in [0, 0.1) is 12.7 Å². The largest absolute Gasteiger partial charge is 0.489 e. The Morgan fingerprint density at radius 2 is 2.14 bits per heavy atom. The summed E-state index contributed by atoms with van der Waals surface area (Å²) in [6, 6.07) is 6.22. The molecule has 0 bridgehead atoms. The quantitative estimate of drug-likeness (QED) is 0.225. The van der Waals surface area contributed by atoms with E-state index in [0.29, 0.717) is 12.3 Å². The lowest BCUT2D eigenvalue weighted by molar-refractivity contribution is 0.199. The molecule has 1 heterocycles. The Balaban J connectivity index is 0.00000392. The van der Waals surface area contributed by atoms with E-state index in [0.717, 1.165) is 44.1 Å². The van der Waals surface area contributed by atoms with Crippen LogP contribution in [0.1, 0.15) is 32.0 Å². The van der Waals surface area contributed by atoms with Crippen LogP contribution in [0.2, 0.25) is 0 Å². The van der Waals surface area contributed by atoms with Crippen molar-refractivity contribution in [2.75, 3.05) is 20.1 Å². The van der Waals surface area contributed by atoms with Crippen LogP contribution in [0.5, 0.6) is 5.75 Å². The predicted molar refractivity (Wildman–Crippen MR) is 122 cm³/mol. The van der Waals surface area contributed by atoms with Crippen molar-refractivity contribution in [3.63, 3.8) is 0 Å². The molecule has 1 aromatic carbocycles. The van der Waals surface area contributed by atoms with E-state index in [9.17, 15) is 4.39 Å². The van der Waals surface area contributed by atoms with Gasteiger partial charge in [0.05, 0.1) is 6.54 Å². The highest BCUT2D eigenvalue weighted by Crippen LogP contribution is 2.14. The summed E-state index contributed by atoms with van der Waals surface area (Å²) in [4.78, 5) is 8.47. The molecule has 2 N–H and O–H groups in total. The third-order valence-electron chi connectivity index (χ3n) is 4.32. The summed E-state index contributed by atoms with van der Waals surface area (Å²) < 4.78 is 21.3. The Hall–Kier alpha value is -1.84. The second-order valence-corrected chi connectivity index (χ2v) is 6.36. The number of rotatable bonds is 10. The smallest absolute Gasteiger partial charge is 0.191 e. The second kappa shape index (κ2) is 13.4. The summed E-state index contributed by atoms with van der Waals surface area (Å²) in [5.74, 6) is 2.04. The van der Waals surface area contributed by atoms with Crippen LogP contribution in [0.15, 0.2) is 41.7 Å². The van der Waals surface area contributed by atoms with Gasteiger partial charge in [0.25, 0.3) is 0 Å². The fraction of sp³-hybridized carbons (Fsp3) is 0.500. The summed E-state index contributed by atoms with van der Waals surface area (Å²) in [7, 11) is 1.75. The maximum absolute atomic E-state index is 13.3. The number of aliphatic imine (C=N–C) groups is 1. The zero-order valence-corrected chi connectivity index (χ0v) is 19.2. The van der Waals surface area contributed by atoms with E-state index in [4.69, 9.17) is 4.74 Å². The van der Waals surface area contributed by atoms with Gasteiger partial charge in [-0.05, 0) is 38.3 Å². The molecule has 156 valence electrons. The van der Waals surface area contributed by atoms with Crippen LogP contribution < -0.4 is 15.4 Å². The van der Waals surface area contributed by atoms with Gasteiger partial charge in [-0.15, -0.1) is 24.0 Å². The lowest BCUT2D eigenvalue weighted by Gasteiger charge is -2.20. The molecule has 0 aliphatic carbocycles. The summed E-state index contributed by atoms with van der Waals surface area (Å²) in [5, 5.41) is 6.59. The van der Waals surface area contributed by atoms with E-state index in [2.05, 4.69) is 25.2 Å². The number of nitrogens with one attached hydrogen (secondary N) is 2. The molecule has 0 saturated carbocycles. The fourth-order valence-electron chi connectivity index (χ4n) is 2.69. The lowest BCUT2D eigenvalue weighted by atomic mass is 10.2. The number of halogens is 2. The minimum Gasteiger partial charge on any atom is -0.489 e. The first-order valence-electron chi connectivity index (χ1n) is 9.46. The van der Waals surface area contributed by atoms with Gasteiger partial charge in [0.15, 0.2) is 5.96 Å². The molecule has 0 aliphatic heterocycles. The molecule has 2 rings (SSSR count). The van der Waals surface area contributed by atoms with Gasteiger partial charge in [0, 0.05) is 38.6 Å². The number of hydrogen-bond donors (Lipinski definition) is 2. The van der Waals surface area contributed by atoms with Gasteiger partial charge in [-0.1, -0.05) is 13.0 Å². The van der Waals surface area contributed by atoms with Crippen LogP contribution >= 0.6 is 24.0 Å². The second-order valence-electron chi connectivity index (χ2n) is 6.36. The SMILES string of the molecule is CCC(CNC(=NC)NCCCCn1ccnc1C)Oc1cccc(F)c1.I. The van der Waals surface area contributed by atoms with E-state index in [1.807, 2.05) is 26.2 Å². The molecule has 0 spiro atoms. The third kappa shape index (κ3) is 8.45. The Bertz CT molecular complexity index is 722. The van der Waals surface area contributed by atoms with Crippen molar-refractivity contribution in [2.45, 2.75) is 45.8 Å². The molecule has 0 saturated heterocycles. The van der Waals surface area contributed by atoms with E-state index in [-0.39, 0.29) is 35.9 Å². The van der Waals surface area contributed by atoms with Crippen LogP contribution in [0.3, 0.4) is 0 Å². The maximum Gasteiger partial charge on any atom is 0.191 e. The highest BCUT2D eigenvalue weighted by atomic mass is 127. The molecular formula is C20H31FIN5O. The molecule has 6 nitrogen and oxygen atoms in total. The van der Waals surface area contributed by atoms with E-state index < -0.39 is 0 Å². The Kier molecular flexibility index (Phi) is 11.5. The van der Waals surface area contributed by atoms with Gasteiger partial charge in [0.2, 0.25) is 0 Å². The van der Waals surface area contributed by atoms with Crippen molar-refractivity contribution in [3.05, 3.63) is 48.3 Å². The third-order valence-corrected chi connectivity index (χ3v) is 4.32. The zero-order chi connectivity index (χ0) is 19.5. The average Bonchev–Trinajstić information content (AvgIpc) is 3.07. The van der Waals surface area contributed by atoms with Crippen molar-refractivity contribution in [3.8, 4) is 5.75 Å². The van der Waals surface area contributed by atoms with Crippen LogP contribution in [-0.2, 0) is 6.54 Å². The van der Waals surface area contributed by atoms with Crippen molar-refractivity contribution in [1.29, 1.82) is 0 Å². The molecule has 0 amide bonds. The van der Waals surface area contributed by atoms with E-state index in [1.54, 1.807) is 19.2 Å². The van der Waals surface area contributed by atoms with Crippen LogP contribution in [-0.4, -0.2) is 41.8 Å². The fourth-order valence-corrected chi connectivity index (χ4v) is 2.69. The minimum absolute atomic E-state index is 0. The number of aromatic nitrogens is 2. The molecule has 1 atom stereocenters. The van der Waals surface area contributed by atoms with Gasteiger partial charge < -0.3 is 19.9 Å². The van der Waals surface area contributed by atoms with Crippen LogP contribution in [0.25, 0.3) is 0 Å². The molecule has 2 aromatic rings. The molecule has 0 aliphatic rings. The van der Waals surface area contributed by atoms with Crippen molar-refractivity contribution in [1.82, 2.24) is 20.2 Å². The summed E-state index contributed by atoms with van der Waals surface area (Å²) in [5.41, 5.74) is 0. The first-order chi connectivity index (χ1) is 13.1. The minimum atomic E-state index is -0.293. The van der Waals surface area contributed by atoms with Gasteiger partial charge in [-0.25, -0.2) is 9.37 Å². The summed E-state index contributed by atoms with van der Waals surface area (Å²) in [6.07, 6.45) is 6.69.